The number of hydrogen-bond donors (Lipinski definition) is 2. The van der Waals surface area contributed by atoms with Gasteiger partial charge in [0.15, 0.2) is 0 Å². The second kappa shape index (κ2) is 8.84. The number of aliphatic hydroxyl groups excluding tert-OH is 1. The summed E-state index contributed by atoms with van der Waals surface area (Å²) in [4.78, 5) is 0. The van der Waals surface area contributed by atoms with Gasteiger partial charge in [-0.25, -0.2) is 0 Å². The molecule has 4 saturated carbocycles. The van der Waals surface area contributed by atoms with Crippen LogP contribution < -0.4 is 5.32 Å². The fraction of sp³-hybridized carbons (Fsp3) is 0.933. The van der Waals surface area contributed by atoms with E-state index in [9.17, 15) is 5.11 Å². The fourth-order valence-corrected chi connectivity index (χ4v) is 9.74. The van der Waals surface area contributed by atoms with Crippen molar-refractivity contribution < 1.29 is 9.84 Å². The van der Waals surface area contributed by atoms with E-state index in [0.717, 1.165) is 49.5 Å². The minimum atomic E-state index is -0.0391. The minimum absolute atomic E-state index is 0.0391. The van der Waals surface area contributed by atoms with E-state index in [1.165, 1.54) is 50.7 Å². The van der Waals surface area contributed by atoms with Crippen molar-refractivity contribution in [1.29, 1.82) is 0 Å². The fourth-order valence-electron chi connectivity index (χ4n) is 9.74. The van der Waals surface area contributed by atoms with Crippen LogP contribution in [0, 0.1) is 46.3 Å². The highest BCUT2D eigenvalue weighted by molar-refractivity contribution is 5.26. The summed E-state index contributed by atoms with van der Waals surface area (Å²) in [7, 11) is 0. The number of nitrogens with one attached hydrogen (secondary N) is 1. The molecule has 0 spiro atoms. The van der Waals surface area contributed by atoms with Crippen molar-refractivity contribution in [3.63, 3.8) is 0 Å². The van der Waals surface area contributed by atoms with Gasteiger partial charge in [0.2, 0.25) is 0 Å². The van der Waals surface area contributed by atoms with Gasteiger partial charge < -0.3 is 15.2 Å². The van der Waals surface area contributed by atoms with Crippen LogP contribution in [0.15, 0.2) is 11.3 Å². The van der Waals surface area contributed by atoms with Crippen molar-refractivity contribution in [3.8, 4) is 0 Å². The lowest BCUT2D eigenvalue weighted by Crippen LogP contribution is -2.54. The normalized spacial score (nSPS) is 47.6. The van der Waals surface area contributed by atoms with E-state index in [-0.39, 0.29) is 6.10 Å². The first-order valence-electron chi connectivity index (χ1n) is 14.4. The van der Waals surface area contributed by atoms with Crippen molar-refractivity contribution >= 4 is 0 Å². The van der Waals surface area contributed by atoms with Gasteiger partial charge in [-0.3, -0.25) is 0 Å². The molecular formula is C30H51NO2. The second-order valence-corrected chi connectivity index (χ2v) is 13.8. The molecule has 0 aromatic heterocycles. The third kappa shape index (κ3) is 4.02. The van der Waals surface area contributed by atoms with Crippen LogP contribution in [-0.2, 0) is 4.74 Å². The summed E-state index contributed by atoms with van der Waals surface area (Å²) in [5.41, 5.74) is 2.51. The molecule has 0 amide bonds. The van der Waals surface area contributed by atoms with Crippen LogP contribution in [0.3, 0.4) is 0 Å². The van der Waals surface area contributed by atoms with Gasteiger partial charge in [0.05, 0.1) is 11.9 Å². The van der Waals surface area contributed by atoms with Crippen LogP contribution in [0.25, 0.3) is 0 Å². The Morgan fingerprint density at radius 1 is 1.00 bits per heavy atom. The lowest BCUT2D eigenvalue weighted by Gasteiger charge is -2.60. The number of ether oxygens (including phenoxy) is 1. The number of fused-ring (bicyclic) bond motifs is 7. The molecule has 1 heterocycles. The maximum atomic E-state index is 10.3. The maximum Gasteiger partial charge on any atom is 0.106 e. The van der Waals surface area contributed by atoms with E-state index in [0.29, 0.717) is 34.8 Å². The van der Waals surface area contributed by atoms with E-state index in [2.05, 4.69) is 46.9 Å². The van der Waals surface area contributed by atoms with E-state index in [1.54, 1.807) is 5.57 Å². The van der Waals surface area contributed by atoms with Gasteiger partial charge >= 0.3 is 0 Å². The quantitative estimate of drug-likeness (QED) is 0.466. The lowest BCUT2D eigenvalue weighted by atomic mass is 9.44. The molecule has 3 nitrogen and oxygen atoms in total. The highest BCUT2D eigenvalue weighted by Gasteiger charge is 2.64. The first-order chi connectivity index (χ1) is 15.6. The van der Waals surface area contributed by atoms with Gasteiger partial charge in [-0.15, -0.1) is 0 Å². The summed E-state index contributed by atoms with van der Waals surface area (Å²) in [6.07, 6.45) is 12.9. The SMILES string of the molecule is CC1=C(CC[C@H](C)CNC(C)C)O[C@H]2C[C@H]3[C@@H]4CC[C@H]5C[C@@H](O)CCC5(C)[C@H]4CC[C@]3(C)[C@@H]12. The molecule has 3 heteroatoms. The van der Waals surface area contributed by atoms with Crippen molar-refractivity contribution in [3.05, 3.63) is 11.3 Å². The third-order valence-electron chi connectivity index (χ3n) is 11.6. The van der Waals surface area contributed by atoms with E-state index in [4.69, 9.17) is 4.74 Å². The van der Waals surface area contributed by atoms with Crippen molar-refractivity contribution in [2.24, 2.45) is 46.3 Å². The molecule has 0 radical (unpaired) electrons. The zero-order valence-electron chi connectivity index (χ0n) is 22.3. The zero-order valence-corrected chi connectivity index (χ0v) is 22.3. The molecule has 33 heavy (non-hydrogen) atoms. The van der Waals surface area contributed by atoms with Crippen LogP contribution >= 0.6 is 0 Å². The summed E-state index contributed by atoms with van der Waals surface area (Å²) in [6, 6.07) is 0.568. The number of allylic oxidation sites excluding steroid dienone is 1. The van der Waals surface area contributed by atoms with Crippen LogP contribution in [0.5, 0.6) is 0 Å². The maximum absolute atomic E-state index is 10.3. The molecule has 0 bridgehead atoms. The Hall–Kier alpha value is -0.540. The molecule has 2 N–H and O–H groups in total. The van der Waals surface area contributed by atoms with Gasteiger partial charge in [0.25, 0.3) is 0 Å². The largest absolute Gasteiger partial charge is 0.494 e. The van der Waals surface area contributed by atoms with Crippen molar-refractivity contribution in [2.45, 2.75) is 124 Å². The molecule has 0 saturated heterocycles. The minimum Gasteiger partial charge on any atom is -0.494 e. The molecule has 5 rings (SSSR count). The average Bonchev–Trinajstić information content (AvgIpc) is 3.24. The van der Waals surface area contributed by atoms with Gasteiger partial charge in [-0.2, -0.15) is 0 Å². The van der Waals surface area contributed by atoms with Crippen LogP contribution in [0.2, 0.25) is 0 Å². The van der Waals surface area contributed by atoms with Gasteiger partial charge in [-0.05, 0) is 117 Å². The molecule has 4 aliphatic carbocycles. The van der Waals surface area contributed by atoms with Crippen molar-refractivity contribution in [2.75, 3.05) is 6.54 Å². The predicted octanol–water partition coefficient (Wildman–Crippen LogP) is 6.70. The Kier molecular flexibility index (Phi) is 6.47. The Balaban J connectivity index is 1.28. The first-order valence-corrected chi connectivity index (χ1v) is 14.4. The molecule has 0 aromatic carbocycles. The first kappa shape index (κ1) is 24.2. The second-order valence-electron chi connectivity index (χ2n) is 13.8. The molecule has 1 unspecified atom stereocenters. The zero-order chi connectivity index (χ0) is 23.5. The predicted molar refractivity (Wildman–Crippen MR) is 136 cm³/mol. The number of rotatable bonds is 6. The molecule has 10 atom stereocenters. The van der Waals surface area contributed by atoms with Crippen LogP contribution in [-0.4, -0.2) is 29.9 Å². The summed E-state index contributed by atoms with van der Waals surface area (Å²) < 4.78 is 6.78. The Morgan fingerprint density at radius 2 is 1.76 bits per heavy atom. The van der Waals surface area contributed by atoms with Crippen LogP contribution in [0.4, 0.5) is 0 Å². The van der Waals surface area contributed by atoms with Gasteiger partial charge in [0.1, 0.15) is 6.10 Å². The monoisotopic (exact) mass is 457 g/mol. The highest BCUT2D eigenvalue weighted by atomic mass is 16.5. The summed E-state index contributed by atoms with van der Waals surface area (Å²) in [5.74, 6) is 6.04. The molecule has 0 aromatic rings. The summed E-state index contributed by atoms with van der Waals surface area (Å²) in [6.45, 7) is 15.6. The average molecular weight is 458 g/mol. The molecular weight excluding hydrogens is 406 g/mol. The smallest absolute Gasteiger partial charge is 0.106 e. The summed E-state index contributed by atoms with van der Waals surface area (Å²) in [5, 5.41) is 13.9. The number of aliphatic hydroxyl groups is 1. The molecule has 5 aliphatic rings. The van der Waals surface area contributed by atoms with E-state index < -0.39 is 0 Å². The van der Waals surface area contributed by atoms with E-state index in [1.807, 2.05) is 0 Å². The summed E-state index contributed by atoms with van der Waals surface area (Å²) >= 11 is 0. The topological polar surface area (TPSA) is 41.5 Å². The van der Waals surface area contributed by atoms with Gasteiger partial charge in [-0.1, -0.05) is 34.6 Å². The van der Waals surface area contributed by atoms with E-state index >= 15 is 0 Å². The van der Waals surface area contributed by atoms with Gasteiger partial charge in [0, 0.05) is 18.4 Å². The Morgan fingerprint density at radius 3 is 2.52 bits per heavy atom. The standard InChI is InChI=1S/C30H51NO2/c1-18(2)31-17-19(3)7-10-26-20(4)28-27(33-26)16-25-23-9-8-21-15-22(32)11-13-29(21,5)24(23)12-14-30(25,28)6/h18-19,21-25,27-28,31-32H,7-17H2,1-6H3/t19-,21-,22-,23+,24-,25-,27-,28-,29?,30-/m0/s1. The van der Waals surface area contributed by atoms with Crippen molar-refractivity contribution in [1.82, 2.24) is 5.32 Å². The molecule has 1 aliphatic heterocycles. The molecule has 4 fully saturated rings. The third-order valence-corrected chi connectivity index (χ3v) is 11.6. The van der Waals surface area contributed by atoms with Crippen LogP contribution in [0.1, 0.15) is 106 Å². The lowest BCUT2D eigenvalue weighted by molar-refractivity contribution is -0.124. The number of hydrogen-bond acceptors (Lipinski definition) is 3. The Labute approximate surface area is 203 Å². The highest BCUT2D eigenvalue weighted by Crippen LogP contribution is 2.69. The Bertz CT molecular complexity index is 760. The molecule has 188 valence electrons.